The minimum atomic E-state index is 0.0140. The lowest BCUT2D eigenvalue weighted by Gasteiger charge is -2.15. The van der Waals surface area contributed by atoms with Gasteiger partial charge in [-0.2, -0.15) is 0 Å². The van der Waals surface area contributed by atoms with Crippen LogP contribution >= 0.6 is 23.2 Å². The van der Waals surface area contributed by atoms with E-state index in [1.54, 1.807) is 18.2 Å². The summed E-state index contributed by atoms with van der Waals surface area (Å²) in [5.74, 6) is 0.521. The number of Topliss-reactive ketones (excluding diaryl/α,β-unsaturated/α-hetero) is 1. The number of benzene rings is 1. The Labute approximate surface area is 117 Å². The number of ketones is 1. The molecule has 0 saturated carbocycles. The van der Waals surface area contributed by atoms with Gasteiger partial charge in [-0.05, 0) is 43.6 Å². The molecule has 1 unspecified atom stereocenters. The maximum atomic E-state index is 12.2. The molecule has 5 heteroatoms. The van der Waals surface area contributed by atoms with Crippen molar-refractivity contribution in [3.05, 3.63) is 33.8 Å². The van der Waals surface area contributed by atoms with Crippen molar-refractivity contribution in [3.8, 4) is 0 Å². The SMILES string of the molecule is NCC1CCN(CC(=O)c2cc(Cl)ccc2Cl)C1. The maximum Gasteiger partial charge on any atom is 0.178 e. The molecule has 1 fully saturated rings. The first-order valence-electron chi connectivity index (χ1n) is 6.01. The quantitative estimate of drug-likeness (QED) is 0.865. The van der Waals surface area contributed by atoms with E-state index in [1.807, 2.05) is 0 Å². The summed E-state index contributed by atoms with van der Waals surface area (Å²) in [5, 5.41) is 0.989. The molecule has 98 valence electrons. The number of halogens is 2. The van der Waals surface area contributed by atoms with E-state index in [-0.39, 0.29) is 5.78 Å². The van der Waals surface area contributed by atoms with Gasteiger partial charge in [0.25, 0.3) is 0 Å². The van der Waals surface area contributed by atoms with Crippen molar-refractivity contribution in [1.29, 1.82) is 0 Å². The fourth-order valence-electron chi connectivity index (χ4n) is 2.25. The smallest absolute Gasteiger partial charge is 0.178 e. The van der Waals surface area contributed by atoms with E-state index in [4.69, 9.17) is 28.9 Å². The summed E-state index contributed by atoms with van der Waals surface area (Å²) in [4.78, 5) is 14.3. The highest BCUT2D eigenvalue weighted by atomic mass is 35.5. The molecule has 1 atom stereocenters. The predicted octanol–water partition coefficient (Wildman–Crippen LogP) is 2.46. The Balaban J connectivity index is 2.02. The normalized spacial score (nSPS) is 20.3. The monoisotopic (exact) mass is 286 g/mol. The average Bonchev–Trinajstić information content (AvgIpc) is 2.80. The molecule has 0 radical (unpaired) electrons. The fourth-order valence-corrected chi connectivity index (χ4v) is 2.64. The van der Waals surface area contributed by atoms with Gasteiger partial charge in [0, 0.05) is 17.1 Å². The second kappa shape index (κ2) is 6.02. The average molecular weight is 287 g/mol. The van der Waals surface area contributed by atoms with Crippen LogP contribution < -0.4 is 5.73 Å². The number of likely N-dealkylation sites (tertiary alicyclic amines) is 1. The van der Waals surface area contributed by atoms with Gasteiger partial charge in [0.05, 0.1) is 11.6 Å². The number of hydrogen-bond acceptors (Lipinski definition) is 3. The van der Waals surface area contributed by atoms with Crippen LogP contribution in [0.25, 0.3) is 0 Å². The van der Waals surface area contributed by atoms with E-state index in [0.717, 1.165) is 19.5 Å². The first-order chi connectivity index (χ1) is 8.60. The Morgan fingerprint density at radius 2 is 2.22 bits per heavy atom. The topological polar surface area (TPSA) is 46.3 Å². The van der Waals surface area contributed by atoms with Gasteiger partial charge < -0.3 is 5.73 Å². The Hall–Kier alpha value is -0.610. The summed E-state index contributed by atoms with van der Waals surface area (Å²) in [5.41, 5.74) is 6.13. The van der Waals surface area contributed by atoms with Crippen LogP contribution in [0.3, 0.4) is 0 Å². The standard InChI is InChI=1S/C13H16Cl2N2O/c14-10-1-2-12(15)11(5-10)13(18)8-17-4-3-9(6-16)7-17/h1-2,5,9H,3-4,6-8,16H2. The number of hydrogen-bond donors (Lipinski definition) is 1. The van der Waals surface area contributed by atoms with Crippen molar-refractivity contribution in [2.75, 3.05) is 26.2 Å². The molecule has 1 aliphatic heterocycles. The van der Waals surface area contributed by atoms with Crippen molar-refractivity contribution in [3.63, 3.8) is 0 Å². The molecule has 1 aromatic rings. The van der Waals surface area contributed by atoms with Crippen molar-refractivity contribution in [2.45, 2.75) is 6.42 Å². The molecule has 2 N–H and O–H groups in total. The second-order valence-corrected chi connectivity index (χ2v) is 5.52. The molecule has 18 heavy (non-hydrogen) atoms. The zero-order chi connectivity index (χ0) is 13.1. The minimum absolute atomic E-state index is 0.0140. The van der Waals surface area contributed by atoms with Gasteiger partial charge in [0.1, 0.15) is 0 Å². The van der Waals surface area contributed by atoms with Crippen molar-refractivity contribution in [1.82, 2.24) is 4.90 Å². The lowest BCUT2D eigenvalue weighted by Crippen LogP contribution is -2.29. The minimum Gasteiger partial charge on any atom is -0.330 e. The van der Waals surface area contributed by atoms with Crippen LogP contribution in [0.5, 0.6) is 0 Å². The van der Waals surface area contributed by atoms with E-state index in [1.165, 1.54) is 0 Å². The summed E-state index contributed by atoms with van der Waals surface area (Å²) < 4.78 is 0. The van der Waals surface area contributed by atoms with Gasteiger partial charge >= 0.3 is 0 Å². The first-order valence-corrected chi connectivity index (χ1v) is 6.76. The van der Waals surface area contributed by atoms with Gasteiger partial charge in [-0.15, -0.1) is 0 Å². The lowest BCUT2D eigenvalue weighted by molar-refractivity contribution is 0.0943. The van der Waals surface area contributed by atoms with E-state index in [9.17, 15) is 4.79 Å². The molecular weight excluding hydrogens is 271 g/mol. The number of rotatable bonds is 4. The van der Waals surface area contributed by atoms with E-state index < -0.39 is 0 Å². The molecule has 0 amide bonds. The number of nitrogens with zero attached hydrogens (tertiary/aromatic N) is 1. The van der Waals surface area contributed by atoms with Crippen LogP contribution in [-0.2, 0) is 0 Å². The van der Waals surface area contributed by atoms with E-state index in [2.05, 4.69) is 4.90 Å². The Bertz CT molecular complexity index is 451. The van der Waals surface area contributed by atoms with E-state index in [0.29, 0.717) is 34.6 Å². The maximum absolute atomic E-state index is 12.2. The molecular formula is C13H16Cl2N2O. The number of carbonyl (C=O) groups is 1. The predicted molar refractivity (Wildman–Crippen MR) is 74.4 cm³/mol. The lowest BCUT2D eigenvalue weighted by atomic mass is 10.1. The third-order valence-electron chi connectivity index (χ3n) is 3.30. The van der Waals surface area contributed by atoms with Crippen LogP contribution in [0.2, 0.25) is 10.0 Å². The molecule has 0 bridgehead atoms. The molecule has 0 spiro atoms. The fraction of sp³-hybridized carbons (Fsp3) is 0.462. The summed E-state index contributed by atoms with van der Waals surface area (Å²) >= 11 is 11.9. The molecule has 1 aliphatic rings. The molecule has 1 aromatic carbocycles. The zero-order valence-corrected chi connectivity index (χ0v) is 11.5. The first kappa shape index (κ1) is 13.8. The van der Waals surface area contributed by atoms with Gasteiger partial charge in [-0.1, -0.05) is 23.2 Å². The number of carbonyl (C=O) groups excluding carboxylic acids is 1. The van der Waals surface area contributed by atoms with E-state index >= 15 is 0 Å². The summed E-state index contributed by atoms with van der Waals surface area (Å²) in [6, 6.07) is 4.97. The Morgan fingerprint density at radius 1 is 1.44 bits per heavy atom. The third kappa shape index (κ3) is 3.23. The van der Waals surface area contributed by atoms with Gasteiger partial charge in [0.15, 0.2) is 5.78 Å². The van der Waals surface area contributed by atoms with Gasteiger partial charge in [-0.25, -0.2) is 0 Å². The third-order valence-corrected chi connectivity index (χ3v) is 3.86. The Morgan fingerprint density at radius 3 is 2.89 bits per heavy atom. The van der Waals surface area contributed by atoms with Crippen LogP contribution in [0.15, 0.2) is 18.2 Å². The van der Waals surface area contributed by atoms with Crippen LogP contribution in [0, 0.1) is 5.92 Å². The van der Waals surface area contributed by atoms with Crippen LogP contribution in [-0.4, -0.2) is 36.9 Å². The summed E-state index contributed by atoms with van der Waals surface area (Å²) in [6.45, 7) is 2.88. The summed E-state index contributed by atoms with van der Waals surface area (Å²) in [6.07, 6.45) is 1.06. The summed E-state index contributed by atoms with van der Waals surface area (Å²) in [7, 11) is 0. The highest BCUT2D eigenvalue weighted by Gasteiger charge is 2.24. The van der Waals surface area contributed by atoms with Gasteiger partial charge in [0.2, 0.25) is 0 Å². The molecule has 3 nitrogen and oxygen atoms in total. The molecule has 0 aliphatic carbocycles. The highest BCUT2D eigenvalue weighted by molar-refractivity contribution is 6.36. The zero-order valence-electron chi connectivity index (χ0n) is 10.0. The molecule has 1 saturated heterocycles. The molecule has 0 aromatic heterocycles. The van der Waals surface area contributed by atoms with Crippen molar-refractivity contribution in [2.24, 2.45) is 11.7 Å². The Kier molecular flexibility index (Phi) is 4.62. The van der Waals surface area contributed by atoms with Crippen molar-refractivity contribution < 1.29 is 4.79 Å². The van der Waals surface area contributed by atoms with Gasteiger partial charge in [-0.3, -0.25) is 9.69 Å². The van der Waals surface area contributed by atoms with Crippen LogP contribution in [0.1, 0.15) is 16.8 Å². The second-order valence-electron chi connectivity index (χ2n) is 4.67. The van der Waals surface area contributed by atoms with Crippen LogP contribution in [0.4, 0.5) is 0 Å². The molecule has 2 rings (SSSR count). The largest absolute Gasteiger partial charge is 0.330 e. The highest BCUT2D eigenvalue weighted by Crippen LogP contribution is 2.22. The number of nitrogens with two attached hydrogens (primary N) is 1. The molecule has 1 heterocycles. The van der Waals surface area contributed by atoms with Crippen molar-refractivity contribution >= 4 is 29.0 Å².